The third-order valence-corrected chi connectivity index (χ3v) is 6.96. The number of rotatable bonds is 7. The second-order valence-electron chi connectivity index (χ2n) is 7.83. The summed E-state index contributed by atoms with van der Waals surface area (Å²) < 4.78 is 30.4. The molecule has 2 aromatic carbocycles. The summed E-state index contributed by atoms with van der Waals surface area (Å²) in [5, 5.41) is 10.2. The van der Waals surface area contributed by atoms with E-state index in [1.807, 2.05) is 30.3 Å². The van der Waals surface area contributed by atoms with E-state index in [4.69, 9.17) is 4.74 Å². The molecule has 10 heteroatoms. The van der Waals surface area contributed by atoms with Crippen LogP contribution in [0.3, 0.4) is 0 Å². The molecular formula is C23H24N4O5S. The number of carbonyl (C=O) groups excluding carboxylic acids is 2. The average Bonchev–Trinajstić information content (AvgIpc) is 3.34. The van der Waals surface area contributed by atoms with Gasteiger partial charge in [0.1, 0.15) is 5.82 Å². The van der Waals surface area contributed by atoms with Crippen molar-refractivity contribution in [2.45, 2.75) is 19.4 Å². The highest BCUT2D eigenvalue weighted by molar-refractivity contribution is 7.91. The molecule has 1 aliphatic rings. The SMILES string of the molecule is Cc1cc(NC(=O)COC(=O)c2ccccc2Nc2ccccc2)n([C@@H]2CCS(=O)(=O)C2)n1. The summed E-state index contributed by atoms with van der Waals surface area (Å²) >= 11 is 0. The number of carbonyl (C=O) groups is 2. The van der Waals surface area contributed by atoms with Gasteiger partial charge in [-0.1, -0.05) is 30.3 Å². The van der Waals surface area contributed by atoms with Crippen LogP contribution >= 0.6 is 0 Å². The number of para-hydroxylation sites is 2. The van der Waals surface area contributed by atoms with Crippen LogP contribution in [-0.4, -0.2) is 48.2 Å². The minimum Gasteiger partial charge on any atom is -0.452 e. The molecule has 0 aliphatic carbocycles. The minimum atomic E-state index is -3.11. The Morgan fingerprint density at radius 2 is 1.85 bits per heavy atom. The van der Waals surface area contributed by atoms with Gasteiger partial charge in [0.05, 0.1) is 34.5 Å². The third kappa shape index (κ3) is 5.58. The van der Waals surface area contributed by atoms with E-state index in [-0.39, 0.29) is 17.5 Å². The molecule has 172 valence electrons. The van der Waals surface area contributed by atoms with Crippen LogP contribution in [0.25, 0.3) is 0 Å². The standard InChI is InChI=1S/C23H24N4O5S/c1-16-13-21(27(26-16)18-11-12-33(30,31)15-18)25-22(28)14-32-23(29)19-9-5-6-10-20(19)24-17-7-3-2-4-8-17/h2-10,13,18,24H,11-12,14-15H2,1H3,(H,25,28)/t18-/m1/s1. The second-order valence-corrected chi connectivity index (χ2v) is 10.1. The lowest BCUT2D eigenvalue weighted by Crippen LogP contribution is -2.24. The average molecular weight is 469 g/mol. The predicted octanol–water partition coefficient (Wildman–Crippen LogP) is 3.09. The first-order valence-corrected chi connectivity index (χ1v) is 12.3. The summed E-state index contributed by atoms with van der Waals surface area (Å²) in [4.78, 5) is 25.1. The lowest BCUT2D eigenvalue weighted by molar-refractivity contribution is -0.119. The van der Waals surface area contributed by atoms with E-state index in [1.165, 1.54) is 4.68 Å². The van der Waals surface area contributed by atoms with E-state index in [0.29, 0.717) is 29.2 Å². The Bertz CT molecular complexity index is 1270. The van der Waals surface area contributed by atoms with Crippen LogP contribution < -0.4 is 10.6 Å². The first kappa shape index (κ1) is 22.5. The highest BCUT2D eigenvalue weighted by Gasteiger charge is 2.31. The number of aromatic nitrogens is 2. The summed E-state index contributed by atoms with van der Waals surface area (Å²) in [6.07, 6.45) is 0.437. The van der Waals surface area contributed by atoms with Crippen molar-refractivity contribution < 1.29 is 22.7 Å². The number of nitrogens with zero attached hydrogens (tertiary/aromatic N) is 2. The number of amides is 1. The van der Waals surface area contributed by atoms with Crippen molar-refractivity contribution in [2.24, 2.45) is 0 Å². The summed E-state index contributed by atoms with van der Waals surface area (Å²) in [5.74, 6) is -0.730. The van der Waals surface area contributed by atoms with Crippen LogP contribution in [0.4, 0.5) is 17.2 Å². The molecule has 1 amide bonds. The van der Waals surface area contributed by atoms with E-state index < -0.39 is 28.3 Å². The molecule has 1 saturated heterocycles. The van der Waals surface area contributed by atoms with Crippen molar-refractivity contribution in [3.05, 3.63) is 71.9 Å². The molecule has 9 nitrogen and oxygen atoms in total. The quantitative estimate of drug-likeness (QED) is 0.511. The maximum Gasteiger partial charge on any atom is 0.340 e. The fourth-order valence-corrected chi connectivity index (χ4v) is 5.38. The van der Waals surface area contributed by atoms with Gasteiger partial charge >= 0.3 is 5.97 Å². The summed E-state index contributed by atoms with van der Waals surface area (Å²) in [5.41, 5.74) is 2.32. The van der Waals surface area contributed by atoms with Crippen LogP contribution in [0, 0.1) is 6.92 Å². The van der Waals surface area contributed by atoms with E-state index in [2.05, 4.69) is 15.7 Å². The highest BCUT2D eigenvalue weighted by Crippen LogP contribution is 2.27. The van der Waals surface area contributed by atoms with Crippen LogP contribution in [0.2, 0.25) is 0 Å². The Kier molecular flexibility index (Phi) is 6.45. The topological polar surface area (TPSA) is 119 Å². The Morgan fingerprint density at radius 1 is 1.12 bits per heavy atom. The third-order valence-electron chi connectivity index (χ3n) is 5.21. The number of anilines is 3. The molecule has 4 rings (SSSR count). The van der Waals surface area contributed by atoms with Gasteiger partial charge in [-0.3, -0.25) is 4.79 Å². The minimum absolute atomic E-state index is 0.0167. The van der Waals surface area contributed by atoms with Gasteiger partial charge in [-0.15, -0.1) is 0 Å². The van der Waals surface area contributed by atoms with Crippen molar-refractivity contribution in [1.82, 2.24) is 9.78 Å². The Balaban J connectivity index is 1.39. The second kappa shape index (κ2) is 9.45. The number of sulfone groups is 1. The Hall–Kier alpha value is -3.66. The predicted molar refractivity (Wildman–Crippen MR) is 124 cm³/mol. The van der Waals surface area contributed by atoms with Crippen molar-refractivity contribution in [2.75, 3.05) is 28.7 Å². The molecule has 3 aromatic rings. The first-order valence-electron chi connectivity index (χ1n) is 10.5. The van der Waals surface area contributed by atoms with Gasteiger partial charge in [0.15, 0.2) is 16.4 Å². The lowest BCUT2D eigenvalue weighted by atomic mass is 10.1. The molecule has 1 fully saturated rings. The molecule has 2 N–H and O–H groups in total. The summed E-state index contributed by atoms with van der Waals surface area (Å²) in [7, 11) is -3.11. The molecule has 0 radical (unpaired) electrons. The Morgan fingerprint density at radius 3 is 2.58 bits per heavy atom. The maximum absolute atomic E-state index is 12.6. The van der Waals surface area contributed by atoms with Crippen LogP contribution in [0.1, 0.15) is 28.5 Å². The largest absolute Gasteiger partial charge is 0.452 e. The molecule has 1 aromatic heterocycles. The fraction of sp³-hybridized carbons (Fsp3) is 0.261. The number of hydrogen-bond acceptors (Lipinski definition) is 7. The van der Waals surface area contributed by atoms with E-state index in [1.54, 1.807) is 37.3 Å². The van der Waals surface area contributed by atoms with Gasteiger partial charge in [-0.2, -0.15) is 5.10 Å². The zero-order chi connectivity index (χ0) is 23.4. The number of ether oxygens (including phenoxy) is 1. The van der Waals surface area contributed by atoms with Crippen LogP contribution in [-0.2, 0) is 19.4 Å². The lowest BCUT2D eigenvalue weighted by Gasteiger charge is -2.14. The van der Waals surface area contributed by atoms with Crippen LogP contribution in [0.5, 0.6) is 0 Å². The molecule has 1 atom stereocenters. The van der Waals surface area contributed by atoms with Gasteiger partial charge in [0.2, 0.25) is 0 Å². The smallest absolute Gasteiger partial charge is 0.340 e. The number of aryl methyl sites for hydroxylation is 1. The molecule has 0 unspecified atom stereocenters. The molecule has 0 bridgehead atoms. The number of nitrogens with one attached hydrogen (secondary N) is 2. The Labute approximate surface area is 191 Å². The van der Waals surface area contributed by atoms with Crippen molar-refractivity contribution in [1.29, 1.82) is 0 Å². The molecule has 2 heterocycles. The zero-order valence-electron chi connectivity index (χ0n) is 18.0. The number of benzene rings is 2. The summed E-state index contributed by atoms with van der Waals surface area (Å²) in [6.45, 7) is 1.26. The molecule has 0 spiro atoms. The van der Waals surface area contributed by atoms with E-state index >= 15 is 0 Å². The molecular weight excluding hydrogens is 444 g/mol. The van der Waals surface area contributed by atoms with Crippen molar-refractivity contribution >= 4 is 38.9 Å². The van der Waals surface area contributed by atoms with Gasteiger partial charge in [0, 0.05) is 11.8 Å². The summed E-state index contributed by atoms with van der Waals surface area (Å²) in [6, 6.07) is 17.6. The van der Waals surface area contributed by atoms with Gasteiger partial charge in [-0.25, -0.2) is 17.9 Å². The number of hydrogen-bond donors (Lipinski definition) is 2. The van der Waals surface area contributed by atoms with E-state index in [9.17, 15) is 18.0 Å². The fourth-order valence-electron chi connectivity index (χ4n) is 3.69. The number of esters is 1. The first-order chi connectivity index (χ1) is 15.8. The van der Waals surface area contributed by atoms with Crippen molar-refractivity contribution in [3.8, 4) is 0 Å². The normalized spacial score (nSPS) is 16.8. The maximum atomic E-state index is 12.6. The van der Waals surface area contributed by atoms with Gasteiger partial charge < -0.3 is 15.4 Å². The molecule has 33 heavy (non-hydrogen) atoms. The molecule has 1 aliphatic heterocycles. The van der Waals surface area contributed by atoms with E-state index in [0.717, 1.165) is 5.69 Å². The van der Waals surface area contributed by atoms with Crippen LogP contribution in [0.15, 0.2) is 60.7 Å². The zero-order valence-corrected chi connectivity index (χ0v) is 18.8. The molecule has 0 saturated carbocycles. The highest BCUT2D eigenvalue weighted by atomic mass is 32.2. The van der Waals surface area contributed by atoms with Crippen molar-refractivity contribution in [3.63, 3.8) is 0 Å². The van der Waals surface area contributed by atoms with Gasteiger partial charge in [-0.05, 0) is 37.6 Å². The van der Waals surface area contributed by atoms with Gasteiger partial charge in [0.25, 0.3) is 5.91 Å². The monoisotopic (exact) mass is 468 g/mol.